The van der Waals surface area contributed by atoms with Gasteiger partial charge in [-0.3, -0.25) is 9.59 Å². The maximum Gasteiger partial charge on any atom is 0.311 e. The standard InChI is InChI=1S/C23H24O5/c1-3-5-22(24)28-19-11-10-17-12-18(14-27-21(17)13-19)15-6-8-16(9-7-15)20(4-2)23(25)26/h6-13,20H,3-5,14H2,1-2H3,(H,25,26). The van der Waals surface area contributed by atoms with Gasteiger partial charge in [-0.2, -0.15) is 0 Å². The van der Waals surface area contributed by atoms with E-state index in [1.54, 1.807) is 12.1 Å². The molecule has 146 valence electrons. The van der Waals surface area contributed by atoms with Crippen LogP contribution in [-0.4, -0.2) is 23.7 Å². The van der Waals surface area contributed by atoms with Gasteiger partial charge in [-0.1, -0.05) is 38.1 Å². The van der Waals surface area contributed by atoms with Crippen LogP contribution in [0.3, 0.4) is 0 Å². The first-order valence-corrected chi connectivity index (χ1v) is 9.53. The number of carbonyl (C=O) groups excluding carboxylic acids is 1. The Morgan fingerprint density at radius 3 is 2.54 bits per heavy atom. The summed E-state index contributed by atoms with van der Waals surface area (Å²) in [5.74, 6) is -0.377. The zero-order chi connectivity index (χ0) is 20.1. The summed E-state index contributed by atoms with van der Waals surface area (Å²) in [5, 5.41) is 9.30. The molecule has 1 atom stereocenters. The SMILES string of the molecule is CCCC(=O)Oc1ccc2c(c1)OCC(c1ccc(C(CC)C(=O)O)cc1)=C2. The number of esters is 1. The molecule has 1 N–H and O–H groups in total. The molecule has 5 nitrogen and oxygen atoms in total. The molecule has 28 heavy (non-hydrogen) atoms. The van der Waals surface area contributed by atoms with Crippen LogP contribution in [0.4, 0.5) is 0 Å². The largest absolute Gasteiger partial charge is 0.488 e. The van der Waals surface area contributed by atoms with Crippen molar-refractivity contribution >= 4 is 23.6 Å². The molecule has 0 saturated carbocycles. The number of carboxylic acid groups (broad SMARTS) is 1. The fourth-order valence-corrected chi connectivity index (χ4v) is 3.24. The van der Waals surface area contributed by atoms with Crippen LogP contribution >= 0.6 is 0 Å². The first-order valence-electron chi connectivity index (χ1n) is 9.53. The summed E-state index contributed by atoms with van der Waals surface area (Å²) in [5.41, 5.74) is 3.72. The molecule has 1 aliphatic rings. The predicted octanol–water partition coefficient (Wildman–Crippen LogP) is 4.90. The summed E-state index contributed by atoms with van der Waals surface area (Å²) in [6, 6.07) is 13.0. The van der Waals surface area contributed by atoms with E-state index in [1.165, 1.54) is 0 Å². The van der Waals surface area contributed by atoms with Crippen LogP contribution in [0.1, 0.15) is 55.7 Å². The average molecular weight is 380 g/mol. The van der Waals surface area contributed by atoms with E-state index < -0.39 is 11.9 Å². The van der Waals surface area contributed by atoms with Gasteiger partial charge < -0.3 is 14.6 Å². The Labute approximate surface area is 164 Å². The van der Waals surface area contributed by atoms with Crippen molar-refractivity contribution in [3.05, 3.63) is 59.2 Å². The van der Waals surface area contributed by atoms with Crippen molar-refractivity contribution in [2.45, 2.75) is 39.0 Å². The van der Waals surface area contributed by atoms with Crippen molar-refractivity contribution in [3.8, 4) is 11.5 Å². The Morgan fingerprint density at radius 1 is 1.14 bits per heavy atom. The quantitative estimate of drug-likeness (QED) is 0.546. The minimum atomic E-state index is -0.806. The number of hydrogen-bond donors (Lipinski definition) is 1. The van der Waals surface area contributed by atoms with Crippen molar-refractivity contribution in [2.75, 3.05) is 6.61 Å². The average Bonchev–Trinajstić information content (AvgIpc) is 2.68. The minimum Gasteiger partial charge on any atom is -0.488 e. The molecule has 1 heterocycles. The second-order valence-electron chi connectivity index (χ2n) is 6.80. The molecule has 0 radical (unpaired) electrons. The lowest BCUT2D eigenvalue weighted by Gasteiger charge is -2.19. The van der Waals surface area contributed by atoms with E-state index in [-0.39, 0.29) is 5.97 Å². The van der Waals surface area contributed by atoms with E-state index in [0.717, 1.165) is 28.7 Å². The fourth-order valence-electron chi connectivity index (χ4n) is 3.24. The molecule has 0 bridgehead atoms. The third kappa shape index (κ3) is 4.42. The summed E-state index contributed by atoms with van der Waals surface area (Å²) in [7, 11) is 0. The third-order valence-electron chi connectivity index (χ3n) is 4.77. The molecule has 0 saturated heterocycles. The molecule has 1 unspecified atom stereocenters. The van der Waals surface area contributed by atoms with Crippen LogP contribution in [0.25, 0.3) is 11.6 Å². The zero-order valence-corrected chi connectivity index (χ0v) is 16.1. The van der Waals surface area contributed by atoms with Crippen LogP contribution < -0.4 is 9.47 Å². The summed E-state index contributed by atoms with van der Waals surface area (Å²) in [6.45, 7) is 4.20. The molecule has 3 rings (SSSR count). The lowest BCUT2D eigenvalue weighted by molar-refractivity contribution is -0.139. The summed E-state index contributed by atoms with van der Waals surface area (Å²) in [6.07, 6.45) is 3.73. The molecular formula is C23H24O5. The number of carboxylic acids is 1. The number of benzene rings is 2. The first kappa shape index (κ1) is 19.7. The van der Waals surface area contributed by atoms with Gasteiger partial charge in [-0.25, -0.2) is 0 Å². The van der Waals surface area contributed by atoms with Gasteiger partial charge >= 0.3 is 11.9 Å². The number of aliphatic carboxylic acids is 1. The highest BCUT2D eigenvalue weighted by Crippen LogP contribution is 2.34. The van der Waals surface area contributed by atoms with Crippen LogP contribution in [-0.2, 0) is 9.59 Å². The molecular weight excluding hydrogens is 356 g/mol. The fraction of sp³-hybridized carbons (Fsp3) is 0.304. The molecule has 0 aromatic heterocycles. The van der Waals surface area contributed by atoms with Crippen molar-refractivity contribution in [2.24, 2.45) is 0 Å². The highest BCUT2D eigenvalue weighted by molar-refractivity contribution is 5.86. The Bertz CT molecular complexity index is 896. The Kier molecular flexibility index (Phi) is 6.14. The van der Waals surface area contributed by atoms with Gasteiger partial charge in [-0.15, -0.1) is 0 Å². The number of fused-ring (bicyclic) bond motifs is 1. The Balaban J connectivity index is 1.78. The van der Waals surface area contributed by atoms with Gasteiger partial charge in [-0.05, 0) is 47.8 Å². The molecule has 0 amide bonds. The Hall–Kier alpha value is -3.08. The van der Waals surface area contributed by atoms with Crippen LogP contribution in [0, 0.1) is 0 Å². The van der Waals surface area contributed by atoms with E-state index in [2.05, 4.69) is 0 Å². The van der Waals surface area contributed by atoms with Crippen molar-refractivity contribution in [1.29, 1.82) is 0 Å². The number of rotatable bonds is 7. The normalized spacial score (nSPS) is 13.7. The number of ether oxygens (including phenoxy) is 2. The third-order valence-corrected chi connectivity index (χ3v) is 4.77. The van der Waals surface area contributed by atoms with Gasteiger partial charge in [0.2, 0.25) is 0 Å². The second-order valence-corrected chi connectivity index (χ2v) is 6.80. The van der Waals surface area contributed by atoms with Gasteiger partial charge in [0.05, 0.1) is 5.92 Å². The topological polar surface area (TPSA) is 72.8 Å². The summed E-state index contributed by atoms with van der Waals surface area (Å²) >= 11 is 0. The lowest BCUT2D eigenvalue weighted by atomic mass is 9.93. The molecule has 0 aliphatic carbocycles. The van der Waals surface area contributed by atoms with Gasteiger partial charge in [0.15, 0.2) is 0 Å². The molecule has 2 aromatic carbocycles. The summed E-state index contributed by atoms with van der Waals surface area (Å²) < 4.78 is 11.2. The van der Waals surface area contributed by atoms with E-state index in [0.29, 0.717) is 30.9 Å². The van der Waals surface area contributed by atoms with Gasteiger partial charge in [0.1, 0.15) is 18.1 Å². The predicted molar refractivity (Wildman–Crippen MR) is 107 cm³/mol. The van der Waals surface area contributed by atoms with Gasteiger partial charge in [0.25, 0.3) is 0 Å². The van der Waals surface area contributed by atoms with Crippen LogP contribution in [0.15, 0.2) is 42.5 Å². The van der Waals surface area contributed by atoms with E-state index in [9.17, 15) is 14.7 Å². The molecule has 0 fully saturated rings. The van der Waals surface area contributed by atoms with E-state index >= 15 is 0 Å². The highest BCUT2D eigenvalue weighted by atomic mass is 16.5. The first-order chi connectivity index (χ1) is 13.5. The Morgan fingerprint density at radius 2 is 1.89 bits per heavy atom. The smallest absolute Gasteiger partial charge is 0.311 e. The maximum absolute atomic E-state index is 11.6. The number of hydrogen-bond acceptors (Lipinski definition) is 4. The van der Waals surface area contributed by atoms with Crippen LogP contribution in [0.5, 0.6) is 11.5 Å². The molecule has 1 aliphatic heterocycles. The molecule has 5 heteroatoms. The van der Waals surface area contributed by atoms with Crippen LogP contribution in [0.2, 0.25) is 0 Å². The molecule has 2 aromatic rings. The van der Waals surface area contributed by atoms with E-state index in [4.69, 9.17) is 9.47 Å². The number of carbonyl (C=O) groups is 2. The lowest BCUT2D eigenvalue weighted by Crippen LogP contribution is -2.11. The second kappa shape index (κ2) is 8.74. The van der Waals surface area contributed by atoms with Gasteiger partial charge in [0, 0.05) is 18.1 Å². The maximum atomic E-state index is 11.6. The van der Waals surface area contributed by atoms with Crippen molar-refractivity contribution in [3.63, 3.8) is 0 Å². The van der Waals surface area contributed by atoms with Crippen molar-refractivity contribution in [1.82, 2.24) is 0 Å². The van der Waals surface area contributed by atoms with Crippen molar-refractivity contribution < 1.29 is 24.2 Å². The summed E-state index contributed by atoms with van der Waals surface area (Å²) in [4.78, 5) is 23.0. The molecule has 0 spiro atoms. The monoisotopic (exact) mass is 380 g/mol. The highest BCUT2D eigenvalue weighted by Gasteiger charge is 2.19. The minimum absolute atomic E-state index is 0.249. The zero-order valence-electron chi connectivity index (χ0n) is 16.1. The van der Waals surface area contributed by atoms with E-state index in [1.807, 2.05) is 50.3 Å².